The highest BCUT2D eigenvalue weighted by Crippen LogP contribution is 2.23. The SMILES string of the molecule is COCc1cn(C2CCN(c3ncccn3)CC2)nn1. The number of nitrogens with zero attached hydrogens (tertiary/aromatic N) is 6. The maximum atomic E-state index is 5.06. The lowest BCUT2D eigenvalue weighted by molar-refractivity contribution is 0.181. The van der Waals surface area contributed by atoms with Gasteiger partial charge in [0, 0.05) is 32.6 Å². The van der Waals surface area contributed by atoms with Crippen LogP contribution in [0.25, 0.3) is 0 Å². The number of hydrogen-bond acceptors (Lipinski definition) is 6. The van der Waals surface area contributed by atoms with Crippen molar-refractivity contribution in [2.75, 3.05) is 25.1 Å². The molecule has 0 aliphatic carbocycles. The Kier molecular flexibility index (Phi) is 3.87. The summed E-state index contributed by atoms with van der Waals surface area (Å²) in [5.74, 6) is 0.810. The molecule has 1 fully saturated rings. The van der Waals surface area contributed by atoms with E-state index in [0.29, 0.717) is 12.6 Å². The van der Waals surface area contributed by atoms with Crippen molar-refractivity contribution in [2.24, 2.45) is 0 Å². The van der Waals surface area contributed by atoms with Gasteiger partial charge in [-0.05, 0) is 18.9 Å². The van der Waals surface area contributed by atoms with Crippen LogP contribution in [0.2, 0.25) is 0 Å². The Morgan fingerprint density at radius 3 is 2.70 bits per heavy atom. The highest BCUT2D eigenvalue weighted by atomic mass is 16.5. The quantitative estimate of drug-likeness (QED) is 0.830. The van der Waals surface area contributed by atoms with Gasteiger partial charge < -0.3 is 9.64 Å². The van der Waals surface area contributed by atoms with Crippen molar-refractivity contribution in [1.82, 2.24) is 25.0 Å². The van der Waals surface area contributed by atoms with Crippen LogP contribution in [-0.4, -0.2) is 45.2 Å². The van der Waals surface area contributed by atoms with Gasteiger partial charge in [0.2, 0.25) is 5.95 Å². The summed E-state index contributed by atoms with van der Waals surface area (Å²) < 4.78 is 7.02. The molecule has 1 saturated heterocycles. The summed E-state index contributed by atoms with van der Waals surface area (Å²) in [6.07, 6.45) is 7.58. The van der Waals surface area contributed by atoms with Crippen LogP contribution in [0.5, 0.6) is 0 Å². The molecule has 3 rings (SSSR count). The second-order valence-electron chi connectivity index (χ2n) is 4.89. The molecule has 0 unspecified atom stereocenters. The van der Waals surface area contributed by atoms with Crippen LogP contribution in [0, 0.1) is 0 Å². The third-order valence-corrected chi connectivity index (χ3v) is 3.52. The second kappa shape index (κ2) is 5.96. The maximum Gasteiger partial charge on any atom is 0.225 e. The van der Waals surface area contributed by atoms with Crippen LogP contribution in [0.1, 0.15) is 24.6 Å². The van der Waals surface area contributed by atoms with Crippen molar-refractivity contribution < 1.29 is 4.74 Å². The fraction of sp³-hybridized carbons (Fsp3) is 0.538. The Morgan fingerprint density at radius 2 is 2.00 bits per heavy atom. The summed E-state index contributed by atoms with van der Waals surface area (Å²) in [7, 11) is 1.66. The van der Waals surface area contributed by atoms with Crippen LogP contribution < -0.4 is 4.90 Å². The van der Waals surface area contributed by atoms with Crippen molar-refractivity contribution in [1.29, 1.82) is 0 Å². The van der Waals surface area contributed by atoms with Crippen LogP contribution in [-0.2, 0) is 11.3 Å². The van der Waals surface area contributed by atoms with Crippen LogP contribution in [0.15, 0.2) is 24.7 Å². The summed E-state index contributed by atoms with van der Waals surface area (Å²) in [5.41, 5.74) is 0.876. The summed E-state index contributed by atoms with van der Waals surface area (Å²) in [4.78, 5) is 10.8. The zero-order valence-corrected chi connectivity index (χ0v) is 11.5. The molecule has 0 N–H and O–H groups in total. The normalized spacial score (nSPS) is 16.6. The van der Waals surface area contributed by atoms with Crippen LogP contribution >= 0.6 is 0 Å². The first kappa shape index (κ1) is 13.0. The molecule has 0 spiro atoms. The highest BCUT2D eigenvalue weighted by molar-refractivity contribution is 5.28. The fourth-order valence-electron chi connectivity index (χ4n) is 2.49. The van der Waals surface area contributed by atoms with E-state index in [0.717, 1.165) is 37.6 Å². The van der Waals surface area contributed by atoms with Gasteiger partial charge in [0.05, 0.1) is 18.8 Å². The third kappa shape index (κ3) is 2.77. The molecule has 7 heteroatoms. The molecular weight excluding hydrogens is 256 g/mol. The molecule has 20 heavy (non-hydrogen) atoms. The number of methoxy groups -OCH3 is 1. The summed E-state index contributed by atoms with van der Waals surface area (Å²) >= 11 is 0. The van der Waals surface area contributed by atoms with Crippen molar-refractivity contribution in [2.45, 2.75) is 25.5 Å². The lowest BCUT2D eigenvalue weighted by Crippen LogP contribution is -2.35. The molecule has 2 aromatic heterocycles. The summed E-state index contributed by atoms with van der Waals surface area (Å²) in [6, 6.07) is 2.23. The molecule has 2 aromatic rings. The first-order chi connectivity index (χ1) is 9.86. The fourth-order valence-corrected chi connectivity index (χ4v) is 2.49. The largest absolute Gasteiger partial charge is 0.378 e. The molecule has 106 valence electrons. The van der Waals surface area contributed by atoms with Crippen molar-refractivity contribution in [3.8, 4) is 0 Å². The number of hydrogen-bond donors (Lipinski definition) is 0. The van der Waals surface area contributed by atoms with Crippen molar-refractivity contribution >= 4 is 5.95 Å². The van der Waals surface area contributed by atoms with Gasteiger partial charge in [-0.3, -0.25) is 0 Å². The van der Waals surface area contributed by atoms with E-state index in [1.54, 1.807) is 19.5 Å². The molecule has 3 heterocycles. The van der Waals surface area contributed by atoms with E-state index in [9.17, 15) is 0 Å². The molecule has 0 aromatic carbocycles. The molecule has 1 aliphatic heterocycles. The third-order valence-electron chi connectivity index (χ3n) is 3.52. The first-order valence-corrected chi connectivity index (χ1v) is 6.78. The Balaban J connectivity index is 1.60. The van der Waals surface area contributed by atoms with Gasteiger partial charge >= 0.3 is 0 Å². The predicted molar refractivity (Wildman–Crippen MR) is 73.3 cm³/mol. The predicted octanol–water partition coefficient (Wildman–Crippen LogP) is 1.06. The summed E-state index contributed by atoms with van der Waals surface area (Å²) in [5, 5.41) is 8.30. The summed E-state index contributed by atoms with van der Waals surface area (Å²) in [6.45, 7) is 2.39. The molecule has 7 nitrogen and oxygen atoms in total. The minimum Gasteiger partial charge on any atom is -0.378 e. The van der Waals surface area contributed by atoms with E-state index < -0.39 is 0 Å². The highest BCUT2D eigenvalue weighted by Gasteiger charge is 2.22. The van der Waals surface area contributed by atoms with Gasteiger partial charge in [0.25, 0.3) is 0 Å². The number of rotatable bonds is 4. The Labute approximate surface area is 117 Å². The molecular formula is C13H18N6O. The number of aromatic nitrogens is 5. The van der Waals surface area contributed by atoms with Crippen molar-refractivity contribution in [3.63, 3.8) is 0 Å². The number of piperidine rings is 1. The molecule has 0 amide bonds. The van der Waals surface area contributed by atoms with Crippen LogP contribution in [0.4, 0.5) is 5.95 Å². The van der Waals surface area contributed by atoms with E-state index in [-0.39, 0.29) is 0 Å². The molecule has 0 bridgehead atoms. The average molecular weight is 274 g/mol. The number of anilines is 1. The van der Waals surface area contributed by atoms with E-state index in [2.05, 4.69) is 25.2 Å². The Morgan fingerprint density at radius 1 is 1.25 bits per heavy atom. The molecule has 0 atom stereocenters. The molecule has 0 radical (unpaired) electrons. The van der Waals surface area contributed by atoms with Gasteiger partial charge in [-0.25, -0.2) is 14.6 Å². The van der Waals surface area contributed by atoms with E-state index in [1.807, 2.05) is 16.9 Å². The Bertz CT molecular complexity index is 535. The number of ether oxygens (including phenoxy) is 1. The maximum absolute atomic E-state index is 5.06. The lowest BCUT2D eigenvalue weighted by Gasteiger charge is -2.31. The molecule has 0 saturated carbocycles. The minimum atomic E-state index is 0.396. The standard InChI is InChI=1S/C13H18N6O/c1-20-10-11-9-19(17-16-11)12-3-7-18(8-4-12)13-14-5-2-6-15-13/h2,5-6,9,12H,3-4,7-8,10H2,1H3. The zero-order valence-electron chi connectivity index (χ0n) is 11.5. The van der Waals surface area contributed by atoms with Gasteiger partial charge in [0.1, 0.15) is 5.69 Å². The molecule has 1 aliphatic rings. The van der Waals surface area contributed by atoms with Crippen LogP contribution in [0.3, 0.4) is 0 Å². The van der Waals surface area contributed by atoms with Gasteiger partial charge in [-0.2, -0.15) is 0 Å². The van der Waals surface area contributed by atoms with Crippen molar-refractivity contribution in [3.05, 3.63) is 30.4 Å². The Hall–Kier alpha value is -2.02. The minimum absolute atomic E-state index is 0.396. The smallest absolute Gasteiger partial charge is 0.225 e. The first-order valence-electron chi connectivity index (χ1n) is 6.78. The van der Waals surface area contributed by atoms with Gasteiger partial charge in [0.15, 0.2) is 0 Å². The van der Waals surface area contributed by atoms with E-state index in [4.69, 9.17) is 4.74 Å². The van der Waals surface area contributed by atoms with E-state index in [1.165, 1.54) is 0 Å². The van der Waals surface area contributed by atoms with E-state index >= 15 is 0 Å². The monoisotopic (exact) mass is 274 g/mol. The zero-order chi connectivity index (χ0) is 13.8. The average Bonchev–Trinajstić information content (AvgIpc) is 2.97. The van der Waals surface area contributed by atoms with Gasteiger partial charge in [-0.15, -0.1) is 5.10 Å². The van der Waals surface area contributed by atoms with Gasteiger partial charge in [-0.1, -0.05) is 5.21 Å². The second-order valence-corrected chi connectivity index (χ2v) is 4.89. The lowest BCUT2D eigenvalue weighted by atomic mass is 10.1. The topological polar surface area (TPSA) is 69.0 Å².